The van der Waals surface area contributed by atoms with Crippen molar-refractivity contribution in [3.63, 3.8) is 0 Å². The third-order valence-electron chi connectivity index (χ3n) is 4.79. The van der Waals surface area contributed by atoms with Gasteiger partial charge in [0.2, 0.25) is 5.95 Å². The second-order valence-corrected chi connectivity index (χ2v) is 6.46. The summed E-state index contributed by atoms with van der Waals surface area (Å²) in [5, 5.41) is 2.12. The van der Waals surface area contributed by atoms with Crippen molar-refractivity contribution < 1.29 is 4.79 Å². The van der Waals surface area contributed by atoms with Crippen LogP contribution in [0.1, 0.15) is 23.2 Å². The number of carbonyl (C=O) groups is 1. The summed E-state index contributed by atoms with van der Waals surface area (Å²) in [6.45, 7) is 1.48. The molecule has 1 aliphatic heterocycles. The Morgan fingerprint density at radius 3 is 2.84 bits per heavy atom. The summed E-state index contributed by atoms with van der Waals surface area (Å²) >= 11 is 0. The quantitative estimate of drug-likeness (QED) is 0.745. The Morgan fingerprint density at radius 2 is 1.96 bits per heavy atom. The van der Waals surface area contributed by atoms with Gasteiger partial charge in [0.1, 0.15) is 5.82 Å². The Balaban J connectivity index is 1.61. The summed E-state index contributed by atoms with van der Waals surface area (Å²) < 4.78 is 0. The van der Waals surface area contributed by atoms with Crippen LogP contribution in [0.4, 0.5) is 11.8 Å². The number of fused-ring (bicyclic) bond motifs is 1. The molecule has 4 rings (SSSR count). The third-order valence-corrected chi connectivity index (χ3v) is 4.79. The van der Waals surface area contributed by atoms with E-state index in [-0.39, 0.29) is 11.7 Å². The van der Waals surface area contributed by atoms with Crippen LogP contribution < -0.4 is 10.6 Å². The van der Waals surface area contributed by atoms with E-state index in [1.54, 1.807) is 12.3 Å². The molecule has 3 aromatic rings. The molecule has 2 aromatic carbocycles. The van der Waals surface area contributed by atoms with Crippen LogP contribution in [-0.2, 0) is 0 Å². The summed E-state index contributed by atoms with van der Waals surface area (Å²) in [6.07, 6.45) is 3.49. The summed E-state index contributed by atoms with van der Waals surface area (Å²) in [4.78, 5) is 23.8. The fourth-order valence-electron chi connectivity index (χ4n) is 3.55. The lowest BCUT2D eigenvalue weighted by molar-refractivity contribution is 0.0908. The number of piperidine rings is 1. The minimum absolute atomic E-state index is 0.0513. The zero-order valence-electron chi connectivity index (χ0n) is 13.9. The molecule has 0 spiro atoms. The number of ketones is 1. The van der Waals surface area contributed by atoms with Gasteiger partial charge < -0.3 is 10.6 Å². The maximum Gasteiger partial charge on any atom is 0.227 e. The van der Waals surface area contributed by atoms with E-state index >= 15 is 0 Å². The minimum atomic E-state index is -0.0513. The fraction of sp³-hybridized carbons (Fsp3) is 0.250. The molecule has 0 radical (unpaired) electrons. The highest BCUT2D eigenvalue weighted by Gasteiger charge is 2.28. The summed E-state index contributed by atoms with van der Waals surface area (Å²) in [7, 11) is 0. The predicted molar refractivity (Wildman–Crippen MR) is 99.7 cm³/mol. The molecule has 1 atom stereocenters. The van der Waals surface area contributed by atoms with Gasteiger partial charge >= 0.3 is 0 Å². The summed E-state index contributed by atoms with van der Waals surface area (Å²) in [5.41, 5.74) is 6.57. The highest BCUT2D eigenvalue weighted by molar-refractivity contribution is 6.09. The van der Waals surface area contributed by atoms with Crippen molar-refractivity contribution in [3.05, 3.63) is 60.3 Å². The van der Waals surface area contributed by atoms with Crippen molar-refractivity contribution in [2.24, 2.45) is 5.92 Å². The van der Waals surface area contributed by atoms with Gasteiger partial charge in [0.05, 0.1) is 0 Å². The lowest BCUT2D eigenvalue weighted by atomic mass is 9.88. The van der Waals surface area contributed by atoms with Crippen LogP contribution in [0.15, 0.2) is 54.7 Å². The Kier molecular flexibility index (Phi) is 4.06. The van der Waals surface area contributed by atoms with Gasteiger partial charge in [0, 0.05) is 30.8 Å². The van der Waals surface area contributed by atoms with Gasteiger partial charge in [0.15, 0.2) is 5.78 Å². The third kappa shape index (κ3) is 3.05. The van der Waals surface area contributed by atoms with E-state index in [2.05, 4.69) is 14.9 Å². The van der Waals surface area contributed by atoms with Crippen LogP contribution in [0, 0.1) is 5.92 Å². The average molecular weight is 332 g/mol. The van der Waals surface area contributed by atoms with Crippen LogP contribution >= 0.6 is 0 Å². The van der Waals surface area contributed by atoms with Gasteiger partial charge in [-0.2, -0.15) is 4.98 Å². The van der Waals surface area contributed by atoms with Gasteiger partial charge in [0.25, 0.3) is 0 Å². The second kappa shape index (κ2) is 6.51. The van der Waals surface area contributed by atoms with Crippen LogP contribution in [0.3, 0.4) is 0 Å². The molecule has 0 amide bonds. The molecule has 5 heteroatoms. The molecule has 1 aliphatic rings. The highest BCUT2D eigenvalue weighted by atomic mass is 16.1. The first kappa shape index (κ1) is 15.6. The number of nitrogens with zero attached hydrogens (tertiary/aromatic N) is 3. The van der Waals surface area contributed by atoms with E-state index in [4.69, 9.17) is 5.73 Å². The monoisotopic (exact) mass is 332 g/mol. The van der Waals surface area contributed by atoms with Crippen LogP contribution in [-0.4, -0.2) is 28.8 Å². The number of hydrogen-bond acceptors (Lipinski definition) is 5. The zero-order valence-corrected chi connectivity index (χ0v) is 13.9. The molecule has 5 nitrogen and oxygen atoms in total. The smallest absolute Gasteiger partial charge is 0.227 e. The molecular formula is C20H20N4O. The Labute approximate surface area is 146 Å². The van der Waals surface area contributed by atoms with Crippen molar-refractivity contribution >= 4 is 28.3 Å². The minimum Gasteiger partial charge on any atom is -0.384 e. The van der Waals surface area contributed by atoms with Crippen molar-refractivity contribution in [1.29, 1.82) is 0 Å². The van der Waals surface area contributed by atoms with E-state index in [9.17, 15) is 4.79 Å². The number of rotatable bonds is 3. The number of Topliss-reactive ketones (excluding diaryl/α,β-unsaturated/α-hetero) is 1. The second-order valence-electron chi connectivity index (χ2n) is 6.46. The fourth-order valence-corrected chi connectivity index (χ4v) is 3.55. The molecule has 0 unspecified atom stereocenters. The Morgan fingerprint density at radius 1 is 1.12 bits per heavy atom. The first-order chi connectivity index (χ1) is 12.2. The van der Waals surface area contributed by atoms with Gasteiger partial charge in [-0.25, -0.2) is 4.98 Å². The number of benzene rings is 2. The maximum absolute atomic E-state index is 13.2. The van der Waals surface area contributed by atoms with E-state index in [1.165, 1.54) is 0 Å². The van der Waals surface area contributed by atoms with Gasteiger partial charge in [-0.3, -0.25) is 4.79 Å². The first-order valence-electron chi connectivity index (χ1n) is 8.58. The lowest BCUT2D eigenvalue weighted by Crippen LogP contribution is -2.39. The molecule has 1 aromatic heterocycles. The van der Waals surface area contributed by atoms with E-state index in [0.717, 1.165) is 35.7 Å². The van der Waals surface area contributed by atoms with E-state index < -0.39 is 0 Å². The molecule has 0 aliphatic carbocycles. The topological polar surface area (TPSA) is 72.1 Å². The van der Waals surface area contributed by atoms with Crippen molar-refractivity contribution in [2.75, 3.05) is 23.7 Å². The standard InChI is InChI=1S/C20H20N4O/c21-18-10-11-22-20(23-18)24-12-4-7-15(13-24)19(25)17-9-3-6-14-5-1-2-8-16(14)17/h1-3,5-6,8-11,15H,4,7,12-13H2,(H2,21,22,23)/t15-/m0/s1. The van der Waals surface area contributed by atoms with Gasteiger partial charge in [-0.1, -0.05) is 42.5 Å². The zero-order chi connectivity index (χ0) is 17.2. The van der Waals surface area contributed by atoms with Gasteiger partial charge in [-0.05, 0) is 29.7 Å². The number of carbonyl (C=O) groups excluding carboxylic acids is 1. The molecule has 2 N–H and O–H groups in total. The lowest BCUT2D eigenvalue weighted by Gasteiger charge is -2.32. The molecule has 2 heterocycles. The SMILES string of the molecule is Nc1ccnc(N2CCC[C@H](C(=O)c3cccc4ccccc34)C2)n1. The number of hydrogen-bond donors (Lipinski definition) is 1. The number of anilines is 2. The molecule has 1 fully saturated rings. The van der Waals surface area contributed by atoms with Crippen LogP contribution in [0.25, 0.3) is 10.8 Å². The van der Waals surface area contributed by atoms with Crippen LogP contribution in [0.5, 0.6) is 0 Å². The highest BCUT2D eigenvalue weighted by Crippen LogP contribution is 2.27. The van der Waals surface area contributed by atoms with Gasteiger partial charge in [-0.15, -0.1) is 0 Å². The van der Waals surface area contributed by atoms with E-state index in [0.29, 0.717) is 18.3 Å². The first-order valence-corrected chi connectivity index (χ1v) is 8.58. The molecule has 1 saturated heterocycles. The molecular weight excluding hydrogens is 312 g/mol. The number of nitrogens with two attached hydrogens (primary N) is 1. The van der Waals surface area contributed by atoms with Crippen LogP contribution in [0.2, 0.25) is 0 Å². The van der Waals surface area contributed by atoms with E-state index in [1.807, 2.05) is 42.5 Å². The van der Waals surface area contributed by atoms with Crippen molar-refractivity contribution in [1.82, 2.24) is 9.97 Å². The molecule has 25 heavy (non-hydrogen) atoms. The Bertz CT molecular complexity index is 919. The summed E-state index contributed by atoms with van der Waals surface area (Å²) in [6, 6.07) is 15.6. The number of nitrogen functional groups attached to an aromatic ring is 1. The predicted octanol–water partition coefficient (Wildman–Crippen LogP) is 3.31. The average Bonchev–Trinajstić information content (AvgIpc) is 2.67. The normalized spacial score (nSPS) is 17.6. The maximum atomic E-state index is 13.2. The van der Waals surface area contributed by atoms with Crippen molar-refractivity contribution in [2.45, 2.75) is 12.8 Å². The number of aromatic nitrogens is 2. The largest absolute Gasteiger partial charge is 0.384 e. The molecule has 126 valence electrons. The summed E-state index contributed by atoms with van der Waals surface area (Å²) in [5.74, 6) is 1.21. The van der Waals surface area contributed by atoms with Crippen molar-refractivity contribution in [3.8, 4) is 0 Å². The molecule has 0 saturated carbocycles. The Hall–Kier alpha value is -2.95. The molecule has 0 bridgehead atoms.